The van der Waals surface area contributed by atoms with Crippen LogP contribution in [-0.4, -0.2) is 5.78 Å². The van der Waals surface area contributed by atoms with Crippen LogP contribution in [0, 0.1) is 0 Å². The second kappa shape index (κ2) is 19.7. The van der Waals surface area contributed by atoms with Crippen molar-refractivity contribution in [3.8, 4) is 0 Å². The van der Waals surface area contributed by atoms with E-state index in [0.29, 0.717) is 5.78 Å². The van der Waals surface area contributed by atoms with E-state index in [1.807, 2.05) is 0 Å². The van der Waals surface area contributed by atoms with E-state index in [1.165, 1.54) is 96.3 Å². The van der Waals surface area contributed by atoms with Gasteiger partial charge in [0.05, 0.1) is 0 Å². The molecule has 0 radical (unpaired) electrons. The maximum absolute atomic E-state index is 12.1. The topological polar surface area (TPSA) is 17.1 Å². The molecule has 1 nitrogen and oxygen atoms in total. The first-order valence-electron chi connectivity index (χ1n) is 11.4. The van der Waals surface area contributed by atoms with Crippen LogP contribution in [0.5, 0.6) is 0 Å². The fourth-order valence-corrected chi connectivity index (χ4v) is 3.38. The molecule has 0 aromatic heterocycles. The minimum absolute atomic E-state index is 0.325. The highest BCUT2D eigenvalue weighted by Gasteiger charge is 2.06. The molecule has 0 aromatic rings. The van der Waals surface area contributed by atoms with E-state index >= 15 is 0 Å². The number of carbonyl (C=O) groups is 1. The molecule has 0 saturated carbocycles. The minimum Gasteiger partial charge on any atom is -0.295 e. The van der Waals surface area contributed by atoms with Crippen LogP contribution < -0.4 is 0 Å². The molecule has 0 saturated heterocycles. The lowest BCUT2D eigenvalue weighted by Crippen LogP contribution is -2.01. The zero-order chi connectivity index (χ0) is 18.6. The van der Waals surface area contributed by atoms with E-state index in [9.17, 15) is 4.79 Å². The van der Waals surface area contributed by atoms with Gasteiger partial charge in [0.25, 0.3) is 0 Å². The Bertz CT molecular complexity index is 305. The standard InChI is InChI=1S/C24H46O/c1-4-6-8-10-12-14-16-18-20-22-24(25)23(3)21-19-17-15-13-11-9-7-5-2/h3-22H2,1-2H3. The lowest BCUT2D eigenvalue weighted by Gasteiger charge is -2.06. The number of ketones is 1. The average molecular weight is 351 g/mol. The first kappa shape index (κ1) is 24.4. The lowest BCUT2D eigenvalue weighted by atomic mass is 9.99. The van der Waals surface area contributed by atoms with E-state index in [4.69, 9.17) is 0 Å². The zero-order valence-corrected chi connectivity index (χ0v) is 17.6. The van der Waals surface area contributed by atoms with Crippen molar-refractivity contribution in [2.24, 2.45) is 0 Å². The van der Waals surface area contributed by atoms with Crippen LogP contribution in [0.15, 0.2) is 12.2 Å². The molecule has 0 heterocycles. The Kier molecular flexibility index (Phi) is 19.3. The molecule has 0 aliphatic carbocycles. The normalized spacial score (nSPS) is 11.0. The second-order valence-electron chi connectivity index (χ2n) is 7.83. The van der Waals surface area contributed by atoms with Crippen molar-refractivity contribution in [2.75, 3.05) is 0 Å². The van der Waals surface area contributed by atoms with Crippen LogP contribution in [0.25, 0.3) is 0 Å². The Labute approximate surface area is 159 Å². The van der Waals surface area contributed by atoms with Gasteiger partial charge in [-0.25, -0.2) is 0 Å². The predicted octanol–water partition coefficient (Wildman–Crippen LogP) is 8.56. The molecule has 0 rings (SSSR count). The van der Waals surface area contributed by atoms with Gasteiger partial charge in [0.1, 0.15) is 0 Å². The molecule has 0 N–H and O–H groups in total. The van der Waals surface area contributed by atoms with Gasteiger partial charge in [-0.1, -0.05) is 117 Å². The maximum atomic E-state index is 12.1. The van der Waals surface area contributed by atoms with Crippen molar-refractivity contribution in [3.63, 3.8) is 0 Å². The van der Waals surface area contributed by atoms with Crippen molar-refractivity contribution in [1.82, 2.24) is 0 Å². The van der Waals surface area contributed by atoms with Crippen LogP contribution in [0.1, 0.15) is 136 Å². The quantitative estimate of drug-likeness (QED) is 0.159. The van der Waals surface area contributed by atoms with Gasteiger partial charge in [-0.2, -0.15) is 0 Å². The predicted molar refractivity (Wildman–Crippen MR) is 113 cm³/mol. The van der Waals surface area contributed by atoms with Crippen molar-refractivity contribution < 1.29 is 4.79 Å². The van der Waals surface area contributed by atoms with E-state index in [-0.39, 0.29) is 0 Å². The zero-order valence-electron chi connectivity index (χ0n) is 17.6. The lowest BCUT2D eigenvalue weighted by molar-refractivity contribution is -0.115. The molecular weight excluding hydrogens is 304 g/mol. The van der Waals surface area contributed by atoms with Gasteiger partial charge < -0.3 is 0 Å². The molecule has 0 aliphatic heterocycles. The van der Waals surface area contributed by atoms with Crippen molar-refractivity contribution in [1.29, 1.82) is 0 Å². The number of carbonyl (C=O) groups excluding carboxylic acids is 1. The van der Waals surface area contributed by atoms with E-state index < -0.39 is 0 Å². The number of Topliss-reactive ketones (excluding diaryl/α,β-unsaturated/α-hetero) is 1. The summed E-state index contributed by atoms with van der Waals surface area (Å²) in [7, 11) is 0. The summed E-state index contributed by atoms with van der Waals surface area (Å²) < 4.78 is 0. The summed E-state index contributed by atoms with van der Waals surface area (Å²) in [6.45, 7) is 8.54. The highest BCUT2D eigenvalue weighted by molar-refractivity contribution is 5.94. The number of unbranched alkanes of at least 4 members (excludes halogenated alkanes) is 15. The smallest absolute Gasteiger partial charge is 0.158 e. The second-order valence-corrected chi connectivity index (χ2v) is 7.83. The Morgan fingerprint density at radius 3 is 1.24 bits per heavy atom. The molecule has 0 spiro atoms. The molecule has 0 aromatic carbocycles. The van der Waals surface area contributed by atoms with Gasteiger partial charge >= 0.3 is 0 Å². The maximum Gasteiger partial charge on any atom is 0.158 e. The number of hydrogen-bond acceptors (Lipinski definition) is 1. The Morgan fingerprint density at radius 1 is 0.520 bits per heavy atom. The van der Waals surface area contributed by atoms with Crippen molar-refractivity contribution in [3.05, 3.63) is 12.2 Å². The van der Waals surface area contributed by atoms with Gasteiger partial charge in [-0.3, -0.25) is 4.79 Å². The third-order valence-electron chi connectivity index (χ3n) is 5.23. The summed E-state index contributed by atoms with van der Waals surface area (Å²) in [6.07, 6.45) is 24.0. The minimum atomic E-state index is 0.325. The van der Waals surface area contributed by atoms with Crippen LogP contribution in [0.2, 0.25) is 0 Å². The SMILES string of the molecule is C=C(CCCCCCCCCC)C(=O)CCCCCCCCCCC. The first-order chi connectivity index (χ1) is 12.2. The molecule has 0 bridgehead atoms. The fraction of sp³-hybridized carbons (Fsp3) is 0.875. The first-order valence-corrected chi connectivity index (χ1v) is 11.4. The van der Waals surface area contributed by atoms with Gasteiger partial charge in [-0.05, 0) is 24.8 Å². The summed E-state index contributed by atoms with van der Waals surface area (Å²) in [5.74, 6) is 0.325. The molecule has 0 atom stereocenters. The van der Waals surface area contributed by atoms with Gasteiger partial charge in [0.15, 0.2) is 5.78 Å². The van der Waals surface area contributed by atoms with E-state index in [0.717, 1.165) is 31.3 Å². The van der Waals surface area contributed by atoms with E-state index in [1.54, 1.807) is 0 Å². The molecule has 0 aliphatic rings. The summed E-state index contributed by atoms with van der Waals surface area (Å²) in [5, 5.41) is 0. The summed E-state index contributed by atoms with van der Waals surface area (Å²) in [4.78, 5) is 12.1. The van der Waals surface area contributed by atoms with Crippen LogP contribution in [-0.2, 0) is 4.79 Å². The Balaban J connectivity index is 3.35. The van der Waals surface area contributed by atoms with Crippen LogP contribution >= 0.6 is 0 Å². The van der Waals surface area contributed by atoms with Gasteiger partial charge in [0.2, 0.25) is 0 Å². The van der Waals surface area contributed by atoms with Crippen LogP contribution in [0.3, 0.4) is 0 Å². The molecule has 1 heteroatoms. The van der Waals surface area contributed by atoms with Crippen LogP contribution in [0.4, 0.5) is 0 Å². The summed E-state index contributed by atoms with van der Waals surface area (Å²) >= 11 is 0. The van der Waals surface area contributed by atoms with E-state index in [2.05, 4.69) is 20.4 Å². The summed E-state index contributed by atoms with van der Waals surface area (Å²) in [5.41, 5.74) is 0.880. The number of rotatable bonds is 20. The average Bonchev–Trinajstić information content (AvgIpc) is 2.62. The highest BCUT2D eigenvalue weighted by atomic mass is 16.1. The third kappa shape index (κ3) is 18.0. The monoisotopic (exact) mass is 350 g/mol. The molecule has 0 unspecified atom stereocenters. The van der Waals surface area contributed by atoms with Gasteiger partial charge in [0, 0.05) is 6.42 Å². The molecule has 25 heavy (non-hydrogen) atoms. The molecule has 0 amide bonds. The highest BCUT2D eigenvalue weighted by Crippen LogP contribution is 2.15. The molecule has 148 valence electrons. The number of allylic oxidation sites excluding steroid dienone is 1. The van der Waals surface area contributed by atoms with Crippen molar-refractivity contribution in [2.45, 2.75) is 136 Å². The fourth-order valence-electron chi connectivity index (χ4n) is 3.38. The largest absolute Gasteiger partial charge is 0.295 e. The van der Waals surface area contributed by atoms with Gasteiger partial charge in [-0.15, -0.1) is 0 Å². The third-order valence-corrected chi connectivity index (χ3v) is 5.23. The Hall–Kier alpha value is -0.590. The molecular formula is C24H46O. The van der Waals surface area contributed by atoms with Crippen molar-refractivity contribution >= 4 is 5.78 Å². The number of hydrogen-bond donors (Lipinski definition) is 0. The molecule has 0 fully saturated rings. The summed E-state index contributed by atoms with van der Waals surface area (Å²) in [6, 6.07) is 0. The Morgan fingerprint density at radius 2 is 0.840 bits per heavy atom.